The lowest BCUT2D eigenvalue weighted by atomic mass is 10.2. The Morgan fingerprint density at radius 1 is 1.20 bits per heavy atom. The Labute approximate surface area is 133 Å². The summed E-state index contributed by atoms with van der Waals surface area (Å²) < 4.78 is 3.06. The van der Waals surface area contributed by atoms with E-state index in [1.807, 2.05) is 25.1 Å². The standard InChI is InChI=1S/C14H12Br2N2O2/c1-9-6-10(15)2-4-12(9)17-13(19)8-18-7-11(16)3-5-14(18)20/h2-7H,8H2,1H3,(H,17,19). The maximum Gasteiger partial charge on any atom is 0.251 e. The summed E-state index contributed by atoms with van der Waals surface area (Å²) in [5.41, 5.74) is 1.48. The zero-order chi connectivity index (χ0) is 14.7. The van der Waals surface area contributed by atoms with Gasteiger partial charge in [0.1, 0.15) is 6.54 Å². The first-order valence-electron chi connectivity index (χ1n) is 5.88. The van der Waals surface area contributed by atoms with E-state index in [1.54, 1.807) is 12.3 Å². The molecule has 1 aromatic carbocycles. The van der Waals surface area contributed by atoms with E-state index in [0.29, 0.717) is 0 Å². The predicted octanol–water partition coefficient (Wildman–Crippen LogP) is 3.32. The quantitative estimate of drug-likeness (QED) is 0.860. The van der Waals surface area contributed by atoms with Crippen molar-refractivity contribution in [2.75, 3.05) is 5.32 Å². The van der Waals surface area contributed by atoms with E-state index in [2.05, 4.69) is 37.2 Å². The molecule has 0 aliphatic rings. The highest BCUT2D eigenvalue weighted by molar-refractivity contribution is 9.10. The number of anilines is 1. The lowest BCUT2D eigenvalue weighted by Gasteiger charge is -2.10. The molecular formula is C14H12Br2N2O2. The summed E-state index contributed by atoms with van der Waals surface area (Å²) in [6.45, 7) is 1.89. The van der Waals surface area contributed by atoms with Crippen molar-refractivity contribution in [2.24, 2.45) is 0 Å². The molecule has 1 heterocycles. The summed E-state index contributed by atoms with van der Waals surface area (Å²) >= 11 is 6.65. The van der Waals surface area contributed by atoms with Crippen molar-refractivity contribution < 1.29 is 4.79 Å². The average molecular weight is 400 g/mol. The third kappa shape index (κ3) is 3.80. The summed E-state index contributed by atoms with van der Waals surface area (Å²) in [7, 11) is 0. The third-order valence-electron chi connectivity index (χ3n) is 2.72. The van der Waals surface area contributed by atoms with Gasteiger partial charge in [0.25, 0.3) is 5.56 Å². The van der Waals surface area contributed by atoms with E-state index in [4.69, 9.17) is 0 Å². The molecule has 0 atom stereocenters. The Bertz CT molecular complexity index is 711. The minimum Gasteiger partial charge on any atom is -0.324 e. The summed E-state index contributed by atoms with van der Waals surface area (Å²) in [5, 5.41) is 2.80. The number of benzene rings is 1. The molecule has 4 nitrogen and oxygen atoms in total. The molecular weight excluding hydrogens is 388 g/mol. The Morgan fingerprint density at radius 3 is 2.60 bits per heavy atom. The van der Waals surface area contributed by atoms with Gasteiger partial charge in [0.05, 0.1) is 0 Å². The van der Waals surface area contributed by atoms with Crippen LogP contribution in [0.1, 0.15) is 5.56 Å². The summed E-state index contributed by atoms with van der Waals surface area (Å²) in [5.74, 6) is -0.240. The van der Waals surface area contributed by atoms with E-state index >= 15 is 0 Å². The lowest BCUT2D eigenvalue weighted by molar-refractivity contribution is -0.116. The van der Waals surface area contributed by atoms with Gasteiger partial charge < -0.3 is 9.88 Å². The van der Waals surface area contributed by atoms with E-state index in [-0.39, 0.29) is 18.0 Å². The second-order valence-corrected chi connectivity index (χ2v) is 6.15. The van der Waals surface area contributed by atoms with E-state index in [0.717, 1.165) is 20.2 Å². The number of rotatable bonds is 3. The number of halogens is 2. The van der Waals surface area contributed by atoms with E-state index < -0.39 is 0 Å². The molecule has 0 spiro atoms. The van der Waals surface area contributed by atoms with Crippen LogP contribution < -0.4 is 10.9 Å². The van der Waals surface area contributed by atoms with Crippen LogP contribution in [0.2, 0.25) is 0 Å². The molecule has 1 amide bonds. The van der Waals surface area contributed by atoms with Crippen LogP contribution in [0.25, 0.3) is 0 Å². The number of hydrogen-bond donors (Lipinski definition) is 1. The van der Waals surface area contributed by atoms with Gasteiger partial charge in [-0.05, 0) is 52.7 Å². The van der Waals surface area contributed by atoms with Gasteiger partial charge in [-0.25, -0.2) is 0 Å². The molecule has 0 saturated carbocycles. The van der Waals surface area contributed by atoms with Gasteiger partial charge in [0, 0.05) is 26.9 Å². The zero-order valence-electron chi connectivity index (χ0n) is 10.7. The van der Waals surface area contributed by atoms with Crippen LogP contribution in [-0.2, 0) is 11.3 Å². The normalized spacial score (nSPS) is 10.3. The topological polar surface area (TPSA) is 51.1 Å². The van der Waals surface area contributed by atoms with Gasteiger partial charge in [0.15, 0.2) is 0 Å². The molecule has 0 radical (unpaired) electrons. The highest BCUT2D eigenvalue weighted by Crippen LogP contribution is 2.19. The molecule has 1 aromatic heterocycles. The van der Waals surface area contributed by atoms with Gasteiger partial charge in [-0.15, -0.1) is 0 Å². The molecule has 20 heavy (non-hydrogen) atoms. The van der Waals surface area contributed by atoms with Crippen molar-refractivity contribution in [2.45, 2.75) is 13.5 Å². The van der Waals surface area contributed by atoms with Crippen molar-refractivity contribution >= 4 is 43.5 Å². The first kappa shape index (κ1) is 15.0. The van der Waals surface area contributed by atoms with Crippen LogP contribution in [0.5, 0.6) is 0 Å². The molecule has 2 aromatic rings. The number of hydrogen-bond acceptors (Lipinski definition) is 2. The van der Waals surface area contributed by atoms with E-state index in [1.165, 1.54) is 10.6 Å². The van der Waals surface area contributed by atoms with Crippen molar-refractivity contribution in [3.8, 4) is 0 Å². The number of aromatic nitrogens is 1. The number of pyridine rings is 1. The first-order valence-corrected chi connectivity index (χ1v) is 7.46. The Kier molecular flexibility index (Phi) is 4.77. The van der Waals surface area contributed by atoms with Crippen molar-refractivity contribution in [3.05, 3.63) is 61.4 Å². The summed E-state index contributed by atoms with van der Waals surface area (Å²) in [6, 6.07) is 8.66. The van der Waals surface area contributed by atoms with Gasteiger partial charge in [0.2, 0.25) is 5.91 Å². The Balaban J connectivity index is 2.13. The average Bonchev–Trinajstić information content (AvgIpc) is 2.37. The van der Waals surface area contributed by atoms with Crippen LogP contribution in [0, 0.1) is 6.92 Å². The van der Waals surface area contributed by atoms with Gasteiger partial charge in [-0.2, -0.15) is 0 Å². The molecule has 0 aliphatic carbocycles. The fourth-order valence-electron chi connectivity index (χ4n) is 1.74. The second-order valence-electron chi connectivity index (χ2n) is 4.32. The second kappa shape index (κ2) is 6.37. The molecule has 2 rings (SSSR count). The lowest BCUT2D eigenvalue weighted by Crippen LogP contribution is -2.26. The molecule has 0 aliphatic heterocycles. The largest absolute Gasteiger partial charge is 0.324 e. The molecule has 0 saturated heterocycles. The number of nitrogens with zero attached hydrogens (tertiary/aromatic N) is 1. The summed E-state index contributed by atoms with van der Waals surface area (Å²) in [6.07, 6.45) is 1.59. The van der Waals surface area contributed by atoms with Crippen LogP contribution >= 0.6 is 31.9 Å². The fourth-order valence-corrected chi connectivity index (χ4v) is 2.59. The Morgan fingerprint density at radius 2 is 1.90 bits per heavy atom. The molecule has 104 valence electrons. The molecule has 6 heteroatoms. The highest BCUT2D eigenvalue weighted by atomic mass is 79.9. The number of aryl methyl sites for hydroxylation is 1. The van der Waals surface area contributed by atoms with Gasteiger partial charge in [-0.1, -0.05) is 15.9 Å². The van der Waals surface area contributed by atoms with Crippen LogP contribution in [0.4, 0.5) is 5.69 Å². The van der Waals surface area contributed by atoms with E-state index in [9.17, 15) is 9.59 Å². The Hall–Kier alpha value is -1.40. The third-order valence-corrected chi connectivity index (χ3v) is 3.69. The summed E-state index contributed by atoms with van der Waals surface area (Å²) in [4.78, 5) is 23.6. The van der Waals surface area contributed by atoms with Crippen LogP contribution in [-0.4, -0.2) is 10.5 Å². The minimum atomic E-state index is -0.240. The maximum atomic E-state index is 12.0. The van der Waals surface area contributed by atoms with Gasteiger partial charge >= 0.3 is 0 Å². The first-order chi connectivity index (χ1) is 9.45. The zero-order valence-corrected chi connectivity index (χ0v) is 13.9. The van der Waals surface area contributed by atoms with Gasteiger partial charge in [-0.3, -0.25) is 9.59 Å². The highest BCUT2D eigenvalue weighted by Gasteiger charge is 2.07. The maximum absolute atomic E-state index is 12.0. The number of carbonyl (C=O) groups is 1. The molecule has 0 bridgehead atoms. The number of carbonyl (C=O) groups excluding carboxylic acids is 1. The van der Waals surface area contributed by atoms with Crippen molar-refractivity contribution in [3.63, 3.8) is 0 Å². The van der Waals surface area contributed by atoms with Crippen LogP contribution in [0.15, 0.2) is 50.3 Å². The monoisotopic (exact) mass is 398 g/mol. The molecule has 0 unspecified atom stereocenters. The predicted molar refractivity (Wildman–Crippen MR) is 85.9 cm³/mol. The smallest absolute Gasteiger partial charge is 0.251 e. The SMILES string of the molecule is Cc1cc(Br)ccc1NC(=O)Cn1cc(Br)ccc1=O. The van der Waals surface area contributed by atoms with Crippen LogP contribution in [0.3, 0.4) is 0 Å². The molecule has 0 fully saturated rings. The number of nitrogens with one attached hydrogen (secondary N) is 1. The molecule has 1 N–H and O–H groups in total. The van der Waals surface area contributed by atoms with Crippen molar-refractivity contribution in [1.29, 1.82) is 0 Å². The number of amides is 1. The minimum absolute atomic E-state index is 0.0201. The fraction of sp³-hybridized carbons (Fsp3) is 0.143. The van der Waals surface area contributed by atoms with Crippen molar-refractivity contribution in [1.82, 2.24) is 4.57 Å².